The summed E-state index contributed by atoms with van der Waals surface area (Å²) in [5, 5.41) is 14.1. The summed E-state index contributed by atoms with van der Waals surface area (Å²) in [7, 11) is 0. The van der Waals surface area contributed by atoms with Gasteiger partial charge in [0.1, 0.15) is 5.82 Å². The summed E-state index contributed by atoms with van der Waals surface area (Å²) in [5.74, 6) is 1.59. The lowest BCUT2D eigenvalue weighted by atomic mass is 10.0. The summed E-state index contributed by atoms with van der Waals surface area (Å²) < 4.78 is 1.97. The van der Waals surface area contributed by atoms with Crippen LogP contribution in [0.15, 0.2) is 42.6 Å². The average molecular weight is 393 g/mol. The Morgan fingerprint density at radius 1 is 1.14 bits per heavy atom. The van der Waals surface area contributed by atoms with Crippen molar-refractivity contribution in [2.24, 2.45) is 5.92 Å². The van der Waals surface area contributed by atoms with Gasteiger partial charge < -0.3 is 5.11 Å². The third-order valence-electron chi connectivity index (χ3n) is 4.80. The maximum atomic E-state index is 11.5. The number of rotatable bonds is 9. The van der Waals surface area contributed by atoms with Crippen LogP contribution in [-0.2, 0) is 19.4 Å². The monoisotopic (exact) mass is 392 g/mol. The van der Waals surface area contributed by atoms with Crippen molar-refractivity contribution in [3.63, 3.8) is 0 Å². The molecule has 0 saturated heterocycles. The fourth-order valence-electron chi connectivity index (χ4n) is 3.23. The highest BCUT2D eigenvalue weighted by Crippen LogP contribution is 2.22. The van der Waals surface area contributed by atoms with Gasteiger partial charge in [-0.2, -0.15) is 5.10 Å². The Kier molecular flexibility index (Phi) is 6.75. The van der Waals surface area contributed by atoms with Crippen LogP contribution in [-0.4, -0.2) is 30.8 Å². The van der Waals surface area contributed by atoms with Crippen molar-refractivity contribution >= 4 is 5.97 Å². The summed E-state index contributed by atoms with van der Waals surface area (Å²) in [5.41, 5.74) is 2.54. The lowest BCUT2D eigenvalue weighted by Gasteiger charge is -2.08. The van der Waals surface area contributed by atoms with E-state index < -0.39 is 5.97 Å². The third kappa shape index (κ3) is 5.28. The number of carboxylic acids is 1. The lowest BCUT2D eigenvalue weighted by molar-refractivity contribution is 0.0697. The van der Waals surface area contributed by atoms with Gasteiger partial charge in [-0.3, -0.25) is 4.98 Å². The standard InChI is InChI=1S/C23H28N4O2/c1-4-7-22-25-21(13-10-16(2)3)26-27(22)15-17-11-12-20(24-14-17)18-8-5-6-9-19(18)23(28)29/h5-6,8-9,11-12,14,16H,4,7,10,13,15H2,1-3H3,(H,28,29). The van der Waals surface area contributed by atoms with Crippen LogP contribution in [0.2, 0.25) is 0 Å². The van der Waals surface area contributed by atoms with Crippen LogP contribution in [0.25, 0.3) is 11.3 Å². The van der Waals surface area contributed by atoms with E-state index in [9.17, 15) is 9.90 Å². The molecule has 0 radical (unpaired) electrons. The first kappa shape index (κ1) is 20.7. The maximum Gasteiger partial charge on any atom is 0.336 e. The lowest BCUT2D eigenvalue weighted by Crippen LogP contribution is -2.07. The maximum absolute atomic E-state index is 11.5. The Labute approximate surface area is 171 Å². The predicted octanol–water partition coefficient (Wildman–Crippen LogP) is 4.63. The Morgan fingerprint density at radius 2 is 1.93 bits per heavy atom. The van der Waals surface area contributed by atoms with Crippen LogP contribution in [0, 0.1) is 5.92 Å². The Hall–Kier alpha value is -3.02. The van der Waals surface area contributed by atoms with Crippen molar-refractivity contribution in [1.29, 1.82) is 0 Å². The minimum Gasteiger partial charge on any atom is -0.478 e. The highest BCUT2D eigenvalue weighted by molar-refractivity contribution is 5.95. The molecule has 3 aromatic rings. The highest BCUT2D eigenvalue weighted by atomic mass is 16.4. The van der Waals surface area contributed by atoms with Gasteiger partial charge >= 0.3 is 5.97 Å². The molecule has 3 rings (SSSR count). The molecule has 1 aromatic carbocycles. The Balaban J connectivity index is 1.80. The Morgan fingerprint density at radius 3 is 2.59 bits per heavy atom. The number of aryl methyl sites for hydroxylation is 2. The molecule has 152 valence electrons. The minimum absolute atomic E-state index is 0.254. The van der Waals surface area contributed by atoms with Gasteiger partial charge in [0.2, 0.25) is 0 Å². The van der Waals surface area contributed by atoms with Gasteiger partial charge in [-0.05, 0) is 36.5 Å². The zero-order valence-electron chi connectivity index (χ0n) is 17.3. The van der Waals surface area contributed by atoms with Gasteiger partial charge in [0.15, 0.2) is 5.82 Å². The van der Waals surface area contributed by atoms with E-state index in [1.165, 1.54) is 0 Å². The molecular formula is C23H28N4O2. The molecule has 29 heavy (non-hydrogen) atoms. The molecule has 0 spiro atoms. The van der Waals surface area contributed by atoms with Gasteiger partial charge in [0.05, 0.1) is 17.8 Å². The first-order valence-corrected chi connectivity index (χ1v) is 10.2. The molecule has 0 aliphatic heterocycles. The molecule has 0 bridgehead atoms. The largest absolute Gasteiger partial charge is 0.478 e. The van der Waals surface area contributed by atoms with Crippen LogP contribution in [0.4, 0.5) is 0 Å². The summed E-state index contributed by atoms with van der Waals surface area (Å²) in [6.45, 7) is 7.17. The molecule has 2 heterocycles. The van der Waals surface area contributed by atoms with Gasteiger partial charge in [0, 0.05) is 24.6 Å². The summed E-state index contributed by atoms with van der Waals surface area (Å²) in [4.78, 5) is 20.7. The van der Waals surface area contributed by atoms with Crippen molar-refractivity contribution < 1.29 is 9.90 Å². The van der Waals surface area contributed by atoms with Crippen molar-refractivity contribution in [3.05, 3.63) is 65.4 Å². The number of aromatic nitrogens is 4. The van der Waals surface area contributed by atoms with Crippen LogP contribution >= 0.6 is 0 Å². The second-order valence-electron chi connectivity index (χ2n) is 7.69. The third-order valence-corrected chi connectivity index (χ3v) is 4.80. The summed E-state index contributed by atoms with van der Waals surface area (Å²) in [6, 6.07) is 10.8. The molecule has 0 fully saturated rings. The number of carbonyl (C=O) groups is 1. The molecule has 2 aromatic heterocycles. The van der Waals surface area contributed by atoms with E-state index in [0.717, 1.165) is 42.9 Å². The SMILES string of the molecule is CCCc1nc(CCC(C)C)nn1Cc1ccc(-c2ccccc2C(=O)O)nc1. The van der Waals surface area contributed by atoms with E-state index in [1.807, 2.05) is 22.9 Å². The predicted molar refractivity (Wildman–Crippen MR) is 113 cm³/mol. The molecule has 0 aliphatic carbocycles. The number of carboxylic acid groups (broad SMARTS) is 1. The van der Waals surface area contributed by atoms with Gasteiger partial charge in [-0.25, -0.2) is 14.5 Å². The van der Waals surface area contributed by atoms with Crippen LogP contribution in [0.5, 0.6) is 0 Å². The fourth-order valence-corrected chi connectivity index (χ4v) is 3.23. The van der Waals surface area contributed by atoms with Crippen LogP contribution in [0.1, 0.15) is 61.2 Å². The number of pyridine rings is 1. The van der Waals surface area contributed by atoms with E-state index >= 15 is 0 Å². The van der Waals surface area contributed by atoms with E-state index in [1.54, 1.807) is 24.4 Å². The molecule has 6 nitrogen and oxygen atoms in total. The van der Waals surface area contributed by atoms with Crippen molar-refractivity contribution in [2.45, 2.75) is 53.0 Å². The van der Waals surface area contributed by atoms with E-state index in [4.69, 9.17) is 10.1 Å². The molecule has 0 amide bonds. The number of aromatic carboxylic acids is 1. The van der Waals surface area contributed by atoms with Crippen molar-refractivity contribution in [1.82, 2.24) is 19.7 Å². The second-order valence-corrected chi connectivity index (χ2v) is 7.69. The highest BCUT2D eigenvalue weighted by Gasteiger charge is 2.13. The number of hydrogen-bond acceptors (Lipinski definition) is 4. The molecular weight excluding hydrogens is 364 g/mol. The topological polar surface area (TPSA) is 80.9 Å². The zero-order chi connectivity index (χ0) is 20.8. The quantitative estimate of drug-likeness (QED) is 0.574. The minimum atomic E-state index is -0.952. The Bertz CT molecular complexity index is 961. The van der Waals surface area contributed by atoms with Crippen molar-refractivity contribution in [3.8, 4) is 11.3 Å². The molecule has 0 unspecified atom stereocenters. The second kappa shape index (κ2) is 9.45. The van der Waals surface area contributed by atoms with Crippen LogP contribution < -0.4 is 0 Å². The van der Waals surface area contributed by atoms with Crippen molar-refractivity contribution in [2.75, 3.05) is 0 Å². The average Bonchev–Trinajstić information content (AvgIpc) is 3.08. The van der Waals surface area contributed by atoms with Crippen LogP contribution in [0.3, 0.4) is 0 Å². The van der Waals surface area contributed by atoms with Gasteiger partial charge in [-0.1, -0.05) is 45.0 Å². The zero-order valence-corrected chi connectivity index (χ0v) is 17.3. The fraction of sp³-hybridized carbons (Fsp3) is 0.391. The smallest absolute Gasteiger partial charge is 0.336 e. The van der Waals surface area contributed by atoms with E-state index in [-0.39, 0.29) is 5.56 Å². The normalized spacial score (nSPS) is 11.2. The number of benzene rings is 1. The van der Waals surface area contributed by atoms with Gasteiger partial charge in [0.25, 0.3) is 0 Å². The van der Waals surface area contributed by atoms with E-state index in [2.05, 4.69) is 25.8 Å². The molecule has 6 heteroatoms. The molecule has 0 saturated carbocycles. The first-order chi connectivity index (χ1) is 14.0. The van der Waals surface area contributed by atoms with E-state index in [0.29, 0.717) is 23.7 Å². The van der Waals surface area contributed by atoms with Gasteiger partial charge in [-0.15, -0.1) is 0 Å². The summed E-state index contributed by atoms with van der Waals surface area (Å²) in [6.07, 6.45) is 5.68. The molecule has 0 atom stereocenters. The number of nitrogens with zero attached hydrogens (tertiary/aromatic N) is 4. The number of hydrogen-bond donors (Lipinski definition) is 1. The summed E-state index contributed by atoms with van der Waals surface area (Å²) >= 11 is 0. The first-order valence-electron chi connectivity index (χ1n) is 10.2. The molecule has 1 N–H and O–H groups in total. The molecule has 0 aliphatic rings.